The van der Waals surface area contributed by atoms with E-state index in [1.54, 1.807) is 42.5 Å². The van der Waals surface area contributed by atoms with E-state index in [4.69, 9.17) is 18.9 Å². The summed E-state index contributed by atoms with van der Waals surface area (Å²) >= 11 is 0. The minimum atomic E-state index is -0.808. The fourth-order valence-corrected chi connectivity index (χ4v) is 2.98. The summed E-state index contributed by atoms with van der Waals surface area (Å²) in [6.07, 6.45) is 0.620. The number of carbonyl (C=O) groups is 4. The highest BCUT2D eigenvalue weighted by atomic mass is 16.6. The normalized spacial score (nSPS) is 11.8. The van der Waals surface area contributed by atoms with Gasteiger partial charge >= 0.3 is 12.0 Å². The first-order valence-electron chi connectivity index (χ1n) is 10.9. The number of rotatable bonds is 10. The summed E-state index contributed by atoms with van der Waals surface area (Å²) in [5, 5.41) is 4.54. The summed E-state index contributed by atoms with van der Waals surface area (Å²) in [4.78, 5) is 47.9. The smallest absolute Gasteiger partial charge is 0.325 e. The quantitative estimate of drug-likeness (QED) is 0.400. The molecule has 1 aliphatic rings. The second-order valence-corrected chi connectivity index (χ2v) is 7.32. The number of benzene rings is 2. The van der Waals surface area contributed by atoms with Gasteiger partial charge in [-0.1, -0.05) is 6.92 Å². The van der Waals surface area contributed by atoms with Gasteiger partial charge in [0.05, 0.1) is 13.0 Å². The van der Waals surface area contributed by atoms with Crippen molar-refractivity contribution < 1.29 is 38.1 Å². The molecule has 3 amide bonds. The van der Waals surface area contributed by atoms with E-state index in [0.717, 1.165) is 6.42 Å². The fourth-order valence-electron chi connectivity index (χ4n) is 2.98. The van der Waals surface area contributed by atoms with Crippen molar-refractivity contribution in [3.05, 3.63) is 48.0 Å². The number of carbonyl (C=O) groups excluding carboxylic acids is 4. The number of anilines is 1. The number of ketones is 1. The van der Waals surface area contributed by atoms with E-state index in [9.17, 15) is 19.2 Å². The number of esters is 1. The number of amides is 3. The summed E-state index contributed by atoms with van der Waals surface area (Å²) in [7, 11) is 0. The van der Waals surface area contributed by atoms with Crippen molar-refractivity contribution in [3.63, 3.8) is 0 Å². The minimum absolute atomic E-state index is 0.0692. The van der Waals surface area contributed by atoms with Crippen LogP contribution >= 0.6 is 0 Å². The Hall–Kier alpha value is -4.08. The van der Waals surface area contributed by atoms with Crippen molar-refractivity contribution in [2.45, 2.75) is 26.2 Å². The number of nitrogens with one attached hydrogen (secondary N) is 2. The second-order valence-electron chi connectivity index (χ2n) is 7.32. The van der Waals surface area contributed by atoms with E-state index in [1.807, 2.05) is 6.92 Å². The summed E-state index contributed by atoms with van der Waals surface area (Å²) in [5.74, 6) is -0.0450. The number of hydrogen-bond donors (Lipinski definition) is 2. The zero-order valence-electron chi connectivity index (χ0n) is 18.8. The van der Waals surface area contributed by atoms with E-state index < -0.39 is 24.5 Å². The Labute approximate surface area is 196 Å². The van der Waals surface area contributed by atoms with E-state index in [-0.39, 0.29) is 18.6 Å². The molecule has 0 saturated carbocycles. The van der Waals surface area contributed by atoms with Gasteiger partial charge in [-0.2, -0.15) is 0 Å². The third-order valence-corrected chi connectivity index (χ3v) is 4.62. The average Bonchev–Trinajstić information content (AvgIpc) is 2.85. The molecule has 0 radical (unpaired) electrons. The van der Waals surface area contributed by atoms with Crippen LogP contribution < -0.4 is 24.8 Å². The highest BCUT2D eigenvalue weighted by Crippen LogP contribution is 2.32. The number of imide groups is 1. The van der Waals surface area contributed by atoms with Gasteiger partial charge in [-0.25, -0.2) is 4.79 Å². The predicted octanol–water partition coefficient (Wildman–Crippen LogP) is 3.10. The van der Waals surface area contributed by atoms with Crippen molar-refractivity contribution in [2.75, 3.05) is 31.7 Å². The Morgan fingerprint density at radius 2 is 1.68 bits per heavy atom. The van der Waals surface area contributed by atoms with Crippen LogP contribution in [0.3, 0.4) is 0 Å². The Bertz CT molecular complexity index is 1040. The SMILES string of the molecule is CCCOc1ccc(C(=O)CCC(=O)OCC(=O)NC(=O)Nc2ccc3c(c2)OCCO3)cc1. The molecule has 0 spiro atoms. The number of ether oxygens (including phenoxy) is 4. The van der Waals surface area contributed by atoms with Gasteiger partial charge in [-0.3, -0.25) is 19.7 Å². The zero-order chi connectivity index (χ0) is 24.3. The highest BCUT2D eigenvalue weighted by molar-refractivity contribution is 6.02. The predicted molar refractivity (Wildman–Crippen MR) is 121 cm³/mol. The maximum atomic E-state index is 12.2. The second kappa shape index (κ2) is 12.2. The van der Waals surface area contributed by atoms with Crippen LogP contribution in [0.1, 0.15) is 36.5 Å². The van der Waals surface area contributed by atoms with Crippen LogP contribution in [0.5, 0.6) is 17.2 Å². The van der Waals surface area contributed by atoms with Crippen LogP contribution in [-0.2, 0) is 14.3 Å². The molecule has 0 bridgehead atoms. The van der Waals surface area contributed by atoms with Crippen LogP contribution in [0, 0.1) is 0 Å². The molecule has 34 heavy (non-hydrogen) atoms. The summed E-state index contributed by atoms with van der Waals surface area (Å²) in [6, 6.07) is 10.7. The molecule has 0 unspecified atom stereocenters. The molecule has 10 nitrogen and oxygen atoms in total. The molecule has 180 valence electrons. The van der Waals surface area contributed by atoms with Gasteiger partial charge in [0.2, 0.25) is 0 Å². The van der Waals surface area contributed by atoms with E-state index in [0.29, 0.717) is 48.3 Å². The molecular weight excluding hydrogens is 444 g/mol. The van der Waals surface area contributed by atoms with Crippen molar-refractivity contribution >= 4 is 29.4 Å². The lowest BCUT2D eigenvalue weighted by atomic mass is 10.1. The van der Waals surface area contributed by atoms with Gasteiger partial charge in [-0.05, 0) is 42.8 Å². The highest BCUT2D eigenvalue weighted by Gasteiger charge is 2.16. The number of hydrogen-bond acceptors (Lipinski definition) is 8. The van der Waals surface area contributed by atoms with Crippen molar-refractivity contribution in [3.8, 4) is 17.2 Å². The number of fused-ring (bicyclic) bond motifs is 1. The Kier molecular flexibility index (Phi) is 8.84. The van der Waals surface area contributed by atoms with Gasteiger partial charge in [0, 0.05) is 23.7 Å². The van der Waals surface area contributed by atoms with Crippen molar-refractivity contribution in [1.82, 2.24) is 5.32 Å². The Balaban J connectivity index is 1.35. The molecule has 0 aromatic heterocycles. The van der Waals surface area contributed by atoms with Crippen LogP contribution in [0.15, 0.2) is 42.5 Å². The van der Waals surface area contributed by atoms with E-state index >= 15 is 0 Å². The monoisotopic (exact) mass is 470 g/mol. The lowest BCUT2D eigenvalue weighted by molar-refractivity contribution is -0.148. The van der Waals surface area contributed by atoms with Crippen molar-refractivity contribution in [1.29, 1.82) is 0 Å². The first-order chi connectivity index (χ1) is 16.4. The third kappa shape index (κ3) is 7.51. The van der Waals surface area contributed by atoms with E-state index in [1.165, 1.54) is 0 Å². The van der Waals surface area contributed by atoms with Gasteiger partial charge < -0.3 is 24.3 Å². The first-order valence-corrected chi connectivity index (χ1v) is 10.9. The Morgan fingerprint density at radius 3 is 2.41 bits per heavy atom. The number of Topliss-reactive ketones (excluding diaryl/α,β-unsaturated/α-hetero) is 1. The van der Waals surface area contributed by atoms with Gasteiger partial charge in [0.25, 0.3) is 5.91 Å². The summed E-state index contributed by atoms with van der Waals surface area (Å²) < 4.78 is 21.1. The fraction of sp³-hybridized carbons (Fsp3) is 0.333. The molecule has 0 fully saturated rings. The molecule has 0 atom stereocenters. The van der Waals surface area contributed by atoms with Crippen LogP contribution in [0.2, 0.25) is 0 Å². The average molecular weight is 470 g/mol. The van der Waals surface area contributed by atoms with Crippen molar-refractivity contribution in [2.24, 2.45) is 0 Å². The minimum Gasteiger partial charge on any atom is -0.494 e. The van der Waals surface area contributed by atoms with Crippen LogP contribution in [-0.4, -0.2) is 50.1 Å². The molecule has 2 aromatic rings. The van der Waals surface area contributed by atoms with Crippen LogP contribution in [0.4, 0.5) is 10.5 Å². The lowest BCUT2D eigenvalue weighted by Gasteiger charge is -2.19. The first kappa shape index (κ1) is 24.6. The molecule has 0 aliphatic carbocycles. The molecule has 1 heterocycles. The molecule has 2 aromatic carbocycles. The van der Waals surface area contributed by atoms with E-state index in [2.05, 4.69) is 10.6 Å². The molecule has 0 saturated heterocycles. The topological polar surface area (TPSA) is 129 Å². The van der Waals surface area contributed by atoms with Gasteiger partial charge in [-0.15, -0.1) is 0 Å². The maximum absolute atomic E-state index is 12.2. The van der Waals surface area contributed by atoms with Crippen LogP contribution in [0.25, 0.3) is 0 Å². The number of urea groups is 1. The van der Waals surface area contributed by atoms with Gasteiger partial charge in [0.15, 0.2) is 23.9 Å². The third-order valence-electron chi connectivity index (χ3n) is 4.62. The standard InChI is InChI=1S/C24H26N2O8/c1-2-11-31-18-6-3-16(4-7-18)19(27)8-10-23(29)34-15-22(28)26-24(30)25-17-5-9-20-21(14-17)33-13-12-32-20/h3-7,9,14H,2,8,10-13,15H2,1H3,(H2,25,26,28,30). The Morgan fingerprint density at radius 1 is 0.941 bits per heavy atom. The molecule has 10 heteroatoms. The molecular formula is C24H26N2O8. The maximum Gasteiger partial charge on any atom is 0.325 e. The molecule has 3 rings (SSSR count). The summed E-state index contributed by atoms with van der Waals surface area (Å²) in [6.45, 7) is 2.79. The lowest BCUT2D eigenvalue weighted by Crippen LogP contribution is -2.37. The molecule has 1 aliphatic heterocycles. The zero-order valence-corrected chi connectivity index (χ0v) is 18.8. The van der Waals surface area contributed by atoms with Gasteiger partial charge in [0.1, 0.15) is 19.0 Å². The molecule has 2 N–H and O–H groups in total. The largest absolute Gasteiger partial charge is 0.494 e. The summed E-state index contributed by atoms with van der Waals surface area (Å²) in [5.41, 5.74) is 0.847.